The second kappa shape index (κ2) is 23.0. The van der Waals surface area contributed by atoms with Crippen LogP contribution in [0.4, 0.5) is 23.4 Å². The number of unbranched alkanes of at least 4 members (excludes halogenated alkanes) is 3. The Morgan fingerprint density at radius 3 is 2.50 bits per heavy atom. The van der Waals surface area contributed by atoms with E-state index in [1.807, 2.05) is 61.8 Å². The van der Waals surface area contributed by atoms with E-state index in [-0.39, 0.29) is 84.0 Å². The van der Waals surface area contributed by atoms with E-state index in [1.165, 1.54) is 23.1 Å². The number of aliphatic hydroxyl groups excluding tert-OH is 1. The monoisotopic (exact) mass is 1150 g/mol. The number of terminal acetylenes is 1. The van der Waals surface area contributed by atoms with Crippen molar-refractivity contribution in [2.75, 3.05) is 51.3 Å². The molecule has 434 valence electrons. The summed E-state index contributed by atoms with van der Waals surface area (Å²) < 4.78 is 71.1. The van der Waals surface area contributed by atoms with Crippen LogP contribution in [-0.2, 0) is 20.9 Å². The van der Waals surface area contributed by atoms with E-state index >= 15 is 17.6 Å². The van der Waals surface area contributed by atoms with Gasteiger partial charge in [-0.25, -0.2) is 22.5 Å². The molecule has 4 aliphatic rings. The van der Waals surface area contributed by atoms with E-state index in [4.69, 9.17) is 16.1 Å². The molecule has 3 aliphatic heterocycles. The molecule has 4 aromatic carbocycles. The third kappa shape index (κ3) is 12.1. The summed E-state index contributed by atoms with van der Waals surface area (Å²) in [4.78, 5) is 60.9. The summed E-state index contributed by atoms with van der Waals surface area (Å²) in [6, 6.07) is 14.6. The molecule has 10 rings (SSSR count). The number of alkyl halides is 2. The maximum absolute atomic E-state index is 17.3. The molecule has 0 radical (unpaired) electrons. The lowest BCUT2D eigenvalue weighted by atomic mass is 9.85. The average Bonchev–Trinajstić information content (AvgIpc) is 3.97. The molecule has 1 aliphatic carbocycles. The highest BCUT2D eigenvalue weighted by Gasteiger charge is 2.72. The number of carbonyl (C=O) groups is 3. The van der Waals surface area contributed by atoms with Crippen LogP contribution < -0.4 is 25.6 Å². The minimum absolute atomic E-state index is 0.0205. The van der Waals surface area contributed by atoms with Crippen LogP contribution in [0.15, 0.2) is 66.2 Å². The highest BCUT2D eigenvalue weighted by Crippen LogP contribution is 2.61. The molecule has 20 heteroatoms. The number of hydrogen-bond acceptors (Lipinski definition) is 13. The third-order valence-electron chi connectivity index (χ3n) is 16.8. The number of piperazine rings is 1. The van der Waals surface area contributed by atoms with E-state index < -0.39 is 77.0 Å². The second-order valence-electron chi connectivity index (χ2n) is 24.4. The minimum Gasteiger partial charge on any atom is -0.508 e. The third-order valence-corrected chi connectivity index (χ3v) is 17.8. The van der Waals surface area contributed by atoms with E-state index in [2.05, 4.69) is 38.8 Å². The number of hydrogen-bond donors (Lipinski definition) is 5. The van der Waals surface area contributed by atoms with Crippen molar-refractivity contribution in [1.82, 2.24) is 40.7 Å². The summed E-state index contributed by atoms with van der Waals surface area (Å²) in [7, 11) is 1.76. The quantitative estimate of drug-likeness (QED) is 0.0278. The number of likely N-dealkylation sites (tertiary alicyclic amines) is 1. The predicted molar refractivity (Wildman–Crippen MR) is 308 cm³/mol. The highest BCUT2D eigenvalue weighted by atomic mass is 32.1. The largest absolute Gasteiger partial charge is 0.508 e. The van der Waals surface area contributed by atoms with Crippen LogP contribution in [0, 0.1) is 41.7 Å². The first-order chi connectivity index (χ1) is 38.9. The van der Waals surface area contributed by atoms with Crippen molar-refractivity contribution in [3.63, 3.8) is 0 Å². The van der Waals surface area contributed by atoms with Crippen molar-refractivity contribution < 1.29 is 46.9 Å². The summed E-state index contributed by atoms with van der Waals surface area (Å²) in [5.41, 5.74) is 1.68. The predicted octanol–water partition coefficient (Wildman–Crippen LogP) is 9.27. The first kappa shape index (κ1) is 58.3. The first-order valence-corrected chi connectivity index (χ1v) is 29.0. The molecule has 82 heavy (non-hydrogen) atoms. The first-order valence-electron chi connectivity index (χ1n) is 28.1. The maximum Gasteiger partial charge on any atom is 0.319 e. The molecule has 2 bridgehead atoms. The van der Waals surface area contributed by atoms with Crippen LogP contribution in [0.2, 0.25) is 0 Å². The number of fused-ring (bicyclic) bond motifs is 4. The fourth-order valence-corrected chi connectivity index (χ4v) is 13.1. The number of rotatable bonds is 20. The molecular weight excluding hydrogens is 1070 g/mol. The summed E-state index contributed by atoms with van der Waals surface area (Å²) in [5, 5.41) is 31.8. The molecule has 1 saturated carbocycles. The van der Waals surface area contributed by atoms with E-state index in [0.717, 1.165) is 34.5 Å². The van der Waals surface area contributed by atoms with Crippen LogP contribution in [-0.4, -0.2) is 135 Å². The Bertz CT molecular complexity index is 3460. The van der Waals surface area contributed by atoms with Gasteiger partial charge in [0.1, 0.15) is 41.6 Å². The normalized spacial score (nSPS) is 22.4. The summed E-state index contributed by atoms with van der Waals surface area (Å²) in [6.07, 6.45) is 9.01. The van der Waals surface area contributed by atoms with Crippen LogP contribution in [0.25, 0.3) is 43.2 Å². The van der Waals surface area contributed by atoms with Gasteiger partial charge in [-0.05, 0) is 99.3 Å². The number of aromatic nitrogens is 3. The Kier molecular flexibility index (Phi) is 16.4. The van der Waals surface area contributed by atoms with Gasteiger partial charge in [0.25, 0.3) is 5.92 Å². The fraction of sp³-hybridized carbons (Fsp3) is 0.484. The molecule has 2 aromatic heterocycles. The lowest BCUT2D eigenvalue weighted by Crippen LogP contribution is -2.58. The fourth-order valence-electron chi connectivity index (χ4n) is 12.3. The zero-order valence-electron chi connectivity index (χ0n) is 47.2. The number of halogens is 4. The number of carbonyl (C=O) groups excluding carboxylic acids is 3. The van der Waals surface area contributed by atoms with Gasteiger partial charge >= 0.3 is 6.01 Å². The summed E-state index contributed by atoms with van der Waals surface area (Å²) >= 11 is 1.56. The number of β-amino-alcohol motifs (C(OH)–C–C–N with tert-alkyl or cyclic N) is 1. The van der Waals surface area contributed by atoms with Gasteiger partial charge in [0.2, 0.25) is 17.7 Å². The van der Waals surface area contributed by atoms with Crippen molar-refractivity contribution in [2.24, 2.45) is 10.8 Å². The number of benzene rings is 4. The van der Waals surface area contributed by atoms with Crippen LogP contribution in [0.1, 0.15) is 102 Å². The molecule has 4 fully saturated rings. The van der Waals surface area contributed by atoms with Gasteiger partial charge in [-0.15, -0.1) is 17.8 Å². The van der Waals surface area contributed by atoms with Crippen molar-refractivity contribution in [3.05, 3.63) is 94.6 Å². The molecular formula is C62H71F4N9O6S. The van der Waals surface area contributed by atoms with E-state index in [0.29, 0.717) is 61.7 Å². The van der Waals surface area contributed by atoms with Gasteiger partial charge in [0.15, 0.2) is 5.82 Å². The zero-order chi connectivity index (χ0) is 58.5. The number of phenolic OH excluding ortho intramolecular Hbond substituents is 1. The van der Waals surface area contributed by atoms with Crippen molar-refractivity contribution in [2.45, 2.75) is 135 Å². The number of nitrogens with zero attached hydrogens (tertiary/aromatic N) is 6. The van der Waals surface area contributed by atoms with Gasteiger partial charge in [0, 0.05) is 85.5 Å². The number of aryl methyl sites for hydroxylation is 1. The Morgan fingerprint density at radius 2 is 1.80 bits per heavy atom. The van der Waals surface area contributed by atoms with Gasteiger partial charge in [-0.1, -0.05) is 75.9 Å². The molecule has 5 heterocycles. The highest BCUT2D eigenvalue weighted by molar-refractivity contribution is 7.13. The molecule has 6 aromatic rings. The van der Waals surface area contributed by atoms with Crippen molar-refractivity contribution >= 4 is 56.6 Å². The van der Waals surface area contributed by atoms with Gasteiger partial charge in [-0.2, -0.15) is 9.97 Å². The number of ether oxygens (including phenoxy) is 1. The van der Waals surface area contributed by atoms with Crippen molar-refractivity contribution in [1.29, 1.82) is 0 Å². The number of phenols is 1. The van der Waals surface area contributed by atoms with Crippen LogP contribution in [0.5, 0.6) is 11.8 Å². The number of aliphatic hydroxyl groups is 1. The second-order valence-corrected chi connectivity index (χ2v) is 25.3. The number of anilines is 1. The Morgan fingerprint density at radius 1 is 1.05 bits per heavy atom. The maximum atomic E-state index is 17.3. The van der Waals surface area contributed by atoms with Gasteiger partial charge in [-0.3, -0.25) is 14.4 Å². The Balaban J connectivity index is 0.743. The summed E-state index contributed by atoms with van der Waals surface area (Å²) in [5.74, 6) is -3.63. The van der Waals surface area contributed by atoms with Crippen LogP contribution >= 0.6 is 11.3 Å². The molecule has 3 amide bonds. The smallest absolute Gasteiger partial charge is 0.319 e. The number of nitrogens with one attached hydrogen (secondary N) is 3. The number of aromatic hydroxyl groups is 1. The Labute approximate surface area is 479 Å². The summed E-state index contributed by atoms with van der Waals surface area (Å²) in [6.45, 7) is 10.7. The topological polar surface area (TPSA) is 185 Å². The van der Waals surface area contributed by atoms with Gasteiger partial charge in [0.05, 0.1) is 33.2 Å². The molecule has 0 spiro atoms. The minimum atomic E-state index is -3.07. The van der Waals surface area contributed by atoms with Gasteiger partial charge < -0.3 is 45.6 Å². The van der Waals surface area contributed by atoms with E-state index in [1.54, 1.807) is 42.1 Å². The number of thiazole rings is 1. The Hall–Kier alpha value is -6.92. The molecule has 3 saturated heterocycles. The van der Waals surface area contributed by atoms with Crippen molar-refractivity contribution in [3.8, 4) is 45.7 Å². The molecule has 5 N–H and O–H groups in total. The standard InChI is InChI=1S/C62H71F4N9O6S/c1-8-38-14-13-15-40-24-42(76)25-44(49(38)40)50-46(63)27-45-52(51(50)64)70-58(71-55(45)74-29-41-21-22-60(6,32-74)72-41)81-34-61(31-62(61,65)66)33-73(7)23-12-10-9-11-16-48(78)69-54(59(3,4)5)57(80)75-30-43(77)26-47(75)56(79)67-28-37-17-19-39(20-18-37)53-36(2)68-35-82-53/h1,13-15,17-20,24-25,27,35,41,43,47,54,72,76-77H,9-12,16,21-23,26,28-34H2,2-7H3,(H,67,79)(H,69,78)/t41-,43-,47+,54-,60+,61-/m1/s1. The molecule has 15 nitrogen and oxygen atoms in total. The SMILES string of the molecule is C#Cc1cccc2cc(O)cc(-c3c(F)cc4c(N5C[C@H]6CC[C@@](C)(C5)N6)nc(OC[C@]5(CN(C)CCCCCCC(=O)N[C@H](C(=O)N6C[C@H](O)C[C@H]6C(=O)NCc6ccc(-c7scnc7C)cc6)C(C)(C)C)CC5(F)F)nc4c3F)c12. The average molecular weight is 1150 g/mol. The molecule has 6 atom stereocenters. The number of amides is 3. The lowest BCUT2D eigenvalue weighted by Gasteiger charge is -2.40. The zero-order valence-corrected chi connectivity index (χ0v) is 48.0. The van der Waals surface area contributed by atoms with Crippen LogP contribution in [0.3, 0.4) is 0 Å². The van der Waals surface area contributed by atoms with E-state index in [9.17, 15) is 24.6 Å². The molecule has 0 unspecified atom stereocenters. The lowest BCUT2D eigenvalue weighted by molar-refractivity contribution is -0.144.